The number of carbonyl (C=O) groups is 1. The molecule has 0 aromatic heterocycles. The predicted molar refractivity (Wildman–Crippen MR) is 73.0 cm³/mol. The van der Waals surface area contributed by atoms with Crippen molar-refractivity contribution in [1.29, 1.82) is 0 Å². The van der Waals surface area contributed by atoms with Crippen molar-refractivity contribution in [3.63, 3.8) is 0 Å². The summed E-state index contributed by atoms with van der Waals surface area (Å²) in [6.07, 6.45) is 4.03. The fraction of sp³-hybridized carbons (Fsp3) is 0.533. The lowest BCUT2D eigenvalue weighted by atomic mass is 10.0. The summed E-state index contributed by atoms with van der Waals surface area (Å²) < 4.78 is 0. The second-order valence-electron chi connectivity index (χ2n) is 5.09. The van der Waals surface area contributed by atoms with Gasteiger partial charge in [-0.05, 0) is 30.4 Å². The first-order valence-corrected chi connectivity index (χ1v) is 6.82. The Morgan fingerprint density at radius 1 is 1.28 bits per heavy atom. The largest absolute Gasteiger partial charge is 0.352 e. The van der Waals surface area contributed by atoms with E-state index in [1.54, 1.807) is 0 Å². The molecule has 1 aromatic rings. The molecule has 3 N–H and O–H groups in total. The van der Waals surface area contributed by atoms with E-state index in [-0.39, 0.29) is 17.9 Å². The highest BCUT2D eigenvalue weighted by atomic mass is 16.1. The van der Waals surface area contributed by atoms with Gasteiger partial charge in [-0.2, -0.15) is 0 Å². The van der Waals surface area contributed by atoms with Gasteiger partial charge in [0, 0.05) is 12.6 Å². The fourth-order valence-corrected chi connectivity index (χ4v) is 2.53. The fourth-order valence-electron chi connectivity index (χ4n) is 2.53. The van der Waals surface area contributed by atoms with Crippen molar-refractivity contribution in [2.45, 2.75) is 45.2 Å². The molecule has 98 valence electrons. The molecule has 1 fully saturated rings. The van der Waals surface area contributed by atoms with Gasteiger partial charge >= 0.3 is 0 Å². The molecule has 1 aliphatic rings. The van der Waals surface area contributed by atoms with Crippen molar-refractivity contribution < 1.29 is 4.79 Å². The summed E-state index contributed by atoms with van der Waals surface area (Å²) >= 11 is 0. The van der Waals surface area contributed by atoms with Crippen LogP contribution in [0.4, 0.5) is 0 Å². The molecule has 18 heavy (non-hydrogen) atoms. The summed E-state index contributed by atoms with van der Waals surface area (Å²) in [6.45, 7) is 2.74. The smallest absolute Gasteiger partial charge is 0.224 e. The van der Waals surface area contributed by atoms with Gasteiger partial charge in [-0.1, -0.05) is 37.6 Å². The molecule has 2 atom stereocenters. The number of nitrogens with one attached hydrogen (secondary N) is 1. The van der Waals surface area contributed by atoms with E-state index in [1.165, 1.54) is 5.56 Å². The number of aryl methyl sites for hydroxylation is 1. The van der Waals surface area contributed by atoms with Crippen molar-refractivity contribution in [1.82, 2.24) is 5.32 Å². The number of rotatable bonds is 4. The van der Waals surface area contributed by atoms with Gasteiger partial charge in [0.25, 0.3) is 0 Å². The van der Waals surface area contributed by atoms with E-state index in [4.69, 9.17) is 5.73 Å². The third-order valence-electron chi connectivity index (χ3n) is 3.80. The molecule has 1 saturated carbocycles. The minimum atomic E-state index is 0.0138. The summed E-state index contributed by atoms with van der Waals surface area (Å²) in [7, 11) is 0. The average Bonchev–Trinajstić information content (AvgIpc) is 2.83. The summed E-state index contributed by atoms with van der Waals surface area (Å²) in [4.78, 5) is 12.0. The Bertz CT molecular complexity index is 399. The predicted octanol–water partition coefficient (Wildman–Crippen LogP) is 1.99. The second-order valence-corrected chi connectivity index (χ2v) is 5.09. The summed E-state index contributed by atoms with van der Waals surface area (Å²) in [5.74, 6) is 0.125. The molecule has 1 aromatic carbocycles. The molecule has 0 spiro atoms. The first-order chi connectivity index (χ1) is 8.70. The van der Waals surface area contributed by atoms with Gasteiger partial charge in [-0.25, -0.2) is 0 Å². The van der Waals surface area contributed by atoms with Crippen LogP contribution in [0.3, 0.4) is 0 Å². The van der Waals surface area contributed by atoms with Crippen LogP contribution >= 0.6 is 0 Å². The molecular weight excluding hydrogens is 224 g/mol. The van der Waals surface area contributed by atoms with Crippen LogP contribution in [0.25, 0.3) is 0 Å². The Balaban J connectivity index is 1.85. The van der Waals surface area contributed by atoms with Gasteiger partial charge in [-0.15, -0.1) is 0 Å². The first kappa shape index (κ1) is 13.1. The minimum Gasteiger partial charge on any atom is -0.352 e. The molecule has 2 unspecified atom stereocenters. The van der Waals surface area contributed by atoms with Gasteiger partial charge in [0.2, 0.25) is 5.91 Å². The summed E-state index contributed by atoms with van der Waals surface area (Å²) in [6, 6.07) is 8.43. The highest BCUT2D eigenvalue weighted by Gasteiger charge is 2.29. The lowest BCUT2D eigenvalue weighted by Gasteiger charge is -2.15. The Morgan fingerprint density at radius 2 is 1.94 bits per heavy atom. The number of amides is 1. The zero-order chi connectivity index (χ0) is 13.0. The standard InChI is InChI=1S/C15H22N2O/c1-2-11-6-8-12(9-7-11)10-17-15(18)13-4-3-5-14(13)16/h6-9,13-14H,2-5,10,16H2,1H3,(H,17,18). The molecule has 0 aliphatic heterocycles. The third kappa shape index (κ3) is 3.10. The molecule has 1 aliphatic carbocycles. The Labute approximate surface area is 109 Å². The van der Waals surface area contributed by atoms with Crippen LogP contribution < -0.4 is 11.1 Å². The Hall–Kier alpha value is -1.35. The Morgan fingerprint density at radius 3 is 2.50 bits per heavy atom. The third-order valence-corrected chi connectivity index (χ3v) is 3.80. The molecular formula is C15H22N2O. The molecule has 3 nitrogen and oxygen atoms in total. The summed E-state index contributed by atoms with van der Waals surface area (Å²) in [5, 5.41) is 2.99. The van der Waals surface area contributed by atoms with E-state index in [0.717, 1.165) is 31.2 Å². The molecule has 0 radical (unpaired) electrons. The molecule has 2 rings (SSSR count). The van der Waals surface area contributed by atoms with Crippen LogP contribution in [0, 0.1) is 5.92 Å². The lowest BCUT2D eigenvalue weighted by molar-refractivity contribution is -0.125. The molecule has 1 amide bonds. The van der Waals surface area contributed by atoms with Gasteiger partial charge < -0.3 is 11.1 Å². The van der Waals surface area contributed by atoms with Gasteiger partial charge in [0.05, 0.1) is 5.92 Å². The minimum absolute atomic E-state index is 0.0138. The van der Waals surface area contributed by atoms with E-state index >= 15 is 0 Å². The van der Waals surface area contributed by atoms with Gasteiger partial charge in [-0.3, -0.25) is 4.79 Å². The zero-order valence-electron chi connectivity index (χ0n) is 11.0. The molecule has 0 bridgehead atoms. The molecule has 0 heterocycles. The van der Waals surface area contributed by atoms with Crippen molar-refractivity contribution in [2.24, 2.45) is 11.7 Å². The number of benzene rings is 1. The highest BCUT2D eigenvalue weighted by Crippen LogP contribution is 2.24. The maximum absolute atomic E-state index is 12.0. The number of carbonyl (C=O) groups excluding carboxylic acids is 1. The van der Waals surface area contributed by atoms with Crippen LogP contribution in [0.5, 0.6) is 0 Å². The van der Waals surface area contributed by atoms with Crippen LogP contribution in [-0.2, 0) is 17.8 Å². The number of hydrogen-bond acceptors (Lipinski definition) is 2. The van der Waals surface area contributed by atoms with Crippen LogP contribution in [-0.4, -0.2) is 11.9 Å². The maximum atomic E-state index is 12.0. The lowest BCUT2D eigenvalue weighted by Crippen LogP contribution is -2.38. The normalized spacial score (nSPS) is 23.0. The van der Waals surface area contributed by atoms with E-state index in [1.807, 2.05) is 0 Å². The number of hydrogen-bond donors (Lipinski definition) is 2. The number of nitrogens with two attached hydrogens (primary N) is 1. The molecule has 3 heteroatoms. The first-order valence-electron chi connectivity index (χ1n) is 6.82. The quantitative estimate of drug-likeness (QED) is 0.853. The topological polar surface area (TPSA) is 55.1 Å². The van der Waals surface area contributed by atoms with Crippen LogP contribution in [0.15, 0.2) is 24.3 Å². The van der Waals surface area contributed by atoms with E-state index < -0.39 is 0 Å². The molecule has 0 saturated heterocycles. The van der Waals surface area contributed by atoms with Crippen LogP contribution in [0.2, 0.25) is 0 Å². The van der Waals surface area contributed by atoms with Crippen molar-refractivity contribution in [3.05, 3.63) is 35.4 Å². The zero-order valence-corrected chi connectivity index (χ0v) is 11.0. The highest BCUT2D eigenvalue weighted by molar-refractivity contribution is 5.79. The maximum Gasteiger partial charge on any atom is 0.224 e. The Kier molecular flexibility index (Phi) is 4.37. The van der Waals surface area contributed by atoms with Crippen molar-refractivity contribution in [2.75, 3.05) is 0 Å². The second kappa shape index (κ2) is 6.01. The van der Waals surface area contributed by atoms with E-state index in [0.29, 0.717) is 6.54 Å². The van der Waals surface area contributed by atoms with E-state index in [2.05, 4.69) is 36.5 Å². The summed E-state index contributed by atoms with van der Waals surface area (Å²) in [5.41, 5.74) is 8.39. The van der Waals surface area contributed by atoms with Crippen LogP contribution in [0.1, 0.15) is 37.3 Å². The van der Waals surface area contributed by atoms with Crippen molar-refractivity contribution in [3.8, 4) is 0 Å². The van der Waals surface area contributed by atoms with Gasteiger partial charge in [0.1, 0.15) is 0 Å². The van der Waals surface area contributed by atoms with E-state index in [9.17, 15) is 4.79 Å². The average molecular weight is 246 g/mol. The SMILES string of the molecule is CCc1ccc(CNC(=O)C2CCCC2N)cc1. The van der Waals surface area contributed by atoms with Crippen molar-refractivity contribution >= 4 is 5.91 Å². The monoisotopic (exact) mass is 246 g/mol. The van der Waals surface area contributed by atoms with Gasteiger partial charge in [0.15, 0.2) is 0 Å².